The highest BCUT2D eigenvalue weighted by atomic mass is 32.2. The minimum Gasteiger partial charge on any atom is -0.482 e. The van der Waals surface area contributed by atoms with Crippen molar-refractivity contribution in [2.75, 3.05) is 16.2 Å². The molecule has 2 aromatic carbocycles. The molecule has 32 heavy (non-hydrogen) atoms. The zero-order valence-electron chi connectivity index (χ0n) is 17.7. The fraction of sp³-hybridized carbons (Fsp3) is 0.318. The first kappa shape index (κ1) is 20.5. The third-order valence-corrected chi connectivity index (χ3v) is 6.99. The maximum absolute atomic E-state index is 13.0. The van der Waals surface area contributed by atoms with E-state index in [1.165, 1.54) is 11.0 Å². The van der Waals surface area contributed by atoms with Crippen LogP contribution in [-0.2, 0) is 21.4 Å². The van der Waals surface area contributed by atoms with Gasteiger partial charge < -0.3 is 9.26 Å². The van der Waals surface area contributed by atoms with Crippen molar-refractivity contribution < 1.29 is 22.5 Å². The second kappa shape index (κ2) is 7.63. The van der Waals surface area contributed by atoms with Crippen LogP contribution in [0, 0.1) is 13.8 Å². The summed E-state index contributed by atoms with van der Waals surface area (Å²) in [6.45, 7) is 3.49. The largest absolute Gasteiger partial charge is 0.482 e. The molecular weight excluding hydrogens is 432 g/mol. The zero-order chi connectivity index (χ0) is 22.5. The van der Waals surface area contributed by atoms with Crippen LogP contribution in [0.5, 0.6) is 5.75 Å². The van der Waals surface area contributed by atoms with Gasteiger partial charge in [-0.05, 0) is 56.0 Å². The molecule has 2 heterocycles. The molecule has 5 rings (SSSR count). The molecule has 0 saturated heterocycles. The summed E-state index contributed by atoms with van der Waals surface area (Å²) in [6.07, 6.45) is 2.07. The zero-order valence-corrected chi connectivity index (χ0v) is 18.5. The van der Waals surface area contributed by atoms with E-state index < -0.39 is 10.0 Å². The number of benzene rings is 2. The van der Waals surface area contributed by atoms with E-state index in [9.17, 15) is 13.2 Å². The van der Waals surface area contributed by atoms with Gasteiger partial charge in [-0.2, -0.15) is 4.98 Å². The average Bonchev–Trinajstić information content (AvgIpc) is 3.48. The normalized spacial score (nSPS) is 15.9. The van der Waals surface area contributed by atoms with Crippen LogP contribution in [0.15, 0.2) is 45.8 Å². The summed E-state index contributed by atoms with van der Waals surface area (Å²) in [7, 11) is -3.86. The van der Waals surface area contributed by atoms with E-state index in [0.717, 1.165) is 18.4 Å². The Morgan fingerprint density at radius 1 is 1.19 bits per heavy atom. The molecule has 2 aliphatic rings. The van der Waals surface area contributed by atoms with Crippen LogP contribution >= 0.6 is 0 Å². The first-order valence-corrected chi connectivity index (χ1v) is 11.8. The van der Waals surface area contributed by atoms with E-state index in [2.05, 4.69) is 14.9 Å². The van der Waals surface area contributed by atoms with E-state index in [-0.39, 0.29) is 24.0 Å². The van der Waals surface area contributed by atoms with Gasteiger partial charge in [0.15, 0.2) is 12.4 Å². The molecule has 0 radical (unpaired) electrons. The Hall–Kier alpha value is -3.40. The van der Waals surface area contributed by atoms with Crippen LogP contribution in [0.2, 0.25) is 0 Å². The van der Waals surface area contributed by atoms with Gasteiger partial charge in [0.2, 0.25) is 5.89 Å². The summed E-state index contributed by atoms with van der Waals surface area (Å²) in [5, 5.41) is 3.99. The van der Waals surface area contributed by atoms with Crippen molar-refractivity contribution in [1.82, 2.24) is 10.1 Å². The molecule has 1 aliphatic carbocycles. The second-order valence-corrected chi connectivity index (χ2v) is 9.80. The Kier molecular flexibility index (Phi) is 4.89. The molecule has 1 N–H and O–H groups in total. The molecule has 0 unspecified atom stereocenters. The van der Waals surface area contributed by atoms with Crippen molar-refractivity contribution in [3.8, 4) is 5.75 Å². The second-order valence-electron chi connectivity index (χ2n) is 8.15. The Morgan fingerprint density at radius 3 is 2.75 bits per heavy atom. The molecule has 0 atom stereocenters. The van der Waals surface area contributed by atoms with Gasteiger partial charge in [0.25, 0.3) is 15.9 Å². The van der Waals surface area contributed by atoms with Crippen molar-refractivity contribution in [2.24, 2.45) is 0 Å². The molecule has 0 spiro atoms. The van der Waals surface area contributed by atoms with Gasteiger partial charge in [-0.3, -0.25) is 14.4 Å². The fourth-order valence-electron chi connectivity index (χ4n) is 3.68. The third kappa shape index (κ3) is 3.93. The van der Waals surface area contributed by atoms with Gasteiger partial charge >= 0.3 is 0 Å². The molecule has 1 saturated carbocycles. The number of anilines is 2. The number of hydrogen-bond acceptors (Lipinski definition) is 7. The number of carbonyl (C=O) groups excluding carboxylic acids is 1. The molecule has 9 nitrogen and oxygen atoms in total. The average molecular weight is 455 g/mol. The number of aromatic nitrogens is 2. The van der Waals surface area contributed by atoms with Crippen molar-refractivity contribution in [2.45, 2.75) is 44.0 Å². The van der Waals surface area contributed by atoms with Crippen LogP contribution < -0.4 is 14.4 Å². The predicted octanol–water partition coefficient (Wildman–Crippen LogP) is 3.29. The number of nitrogens with one attached hydrogen (secondary N) is 1. The maximum atomic E-state index is 13.0. The molecule has 166 valence electrons. The van der Waals surface area contributed by atoms with Crippen LogP contribution in [0.3, 0.4) is 0 Å². The van der Waals surface area contributed by atoms with Crippen molar-refractivity contribution in [1.29, 1.82) is 0 Å². The number of ether oxygens (including phenoxy) is 1. The van der Waals surface area contributed by atoms with Crippen LogP contribution in [0.25, 0.3) is 0 Å². The lowest BCUT2D eigenvalue weighted by atomic mass is 10.1. The maximum Gasteiger partial charge on any atom is 0.265 e. The highest BCUT2D eigenvalue weighted by molar-refractivity contribution is 7.92. The molecular formula is C22H22N4O5S. The lowest BCUT2D eigenvalue weighted by molar-refractivity contribution is -0.121. The minimum atomic E-state index is -3.86. The Balaban J connectivity index is 1.45. The molecule has 10 heteroatoms. The van der Waals surface area contributed by atoms with Crippen molar-refractivity contribution >= 4 is 27.3 Å². The summed E-state index contributed by atoms with van der Waals surface area (Å²) >= 11 is 0. The number of aryl methyl sites for hydroxylation is 2. The molecule has 1 aromatic heterocycles. The number of sulfonamides is 1. The standard InChI is InChI=1S/C22H22N4O5S/c1-13-4-3-5-16(8-13)25-32(28,29)19-10-18-17(9-14(19)2)26(21(27)12-30-18)11-20-23-22(31-24-20)15-6-7-15/h3-5,8-10,15,25H,6-7,11-12H2,1-2H3. The Morgan fingerprint density at radius 2 is 2.00 bits per heavy atom. The number of carbonyl (C=O) groups is 1. The number of amides is 1. The smallest absolute Gasteiger partial charge is 0.265 e. The summed E-state index contributed by atoms with van der Waals surface area (Å²) in [6, 6.07) is 10.2. The SMILES string of the molecule is Cc1cccc(NS(=O)(=O)c2cc3c(cc2C)N(Cc2noc(C4CC4)n2)C(=O)CO3)c1. The molecule has 3 aromatic rings. The van der Waals surface area contributed by atoms with E-state index in [1.54, 1.807) is 31.2 Å². The molecule has 1 fully saturated rings. The Labute approximate surface area is 185 Å². The van der Waals surface area contributed by atoms with Crippen LogP contribution in [0.1, 0.15) is 41.6 Å². The molecule has 1 amide bonds. The monoisotopic (exact) mass is 454 g/mol. The van der Waals surface area contributed by atoms with Gasteiger partial charge in [0.1, 0.15) is 5.75 Å². The third-order valence-electron chi connectivity index (χ3n) is 5.47. The fourth-order valence-corrected chi connectivity index (χ4v) is 4.98. The Bertz CT molecular complexity index is 1310. The van der Waals surface area contributed by atoms with Crippen LogP contribution in [-0.4, -0.2) is 31.1 Å². The number of rotatable bonds is 6. The van der Waals surface area contributed by atoms with Gasteiger partial charge in [0, 0.05) is 17.7 Å². The molecule has 0 bridgehead atoms. The van der Waals surface area contributed by atoms with Crippen molar-refractivity contribution in [3.63, 3.8) is 0 Å². The first-order valence-electron chi connectivity index (χ1n) is 10.3. The van der Waals surface area contributed by atoms with Gasteiger partial charge in [-0.25, -0.2) is 8.42 Å². The lowest BCUT2D eigenvalue weighted by Crippen LogP contribution is -2.38. The summed E-state index contributed by atoms with van der Waals surface area (Å²) < 4.78 is 39.6. The highest BCUT2D eigenvalue weighted by Gasteiger charge is 2.32. The number of nitrogens with zero attached hydrogens (tertiary/aromatic N) is 3. The predicted molar refractivity (Wildman–Crippen MR) is 116 cm³/mol. The summed E-state index contributed by atoms with van der Waals surface area (Å²) in [5.74, 6) is 1.37. The summed E-state index contributed by atoms with van der Waals surface area (Å²) in [5.41, 5.74) is 2.38. The number of hydrogen-bond donors (Lipinski definition) is 1. The quantitative estimate of drug-likeness (QED) is 0.608. The lowest BCUT2D eigenvalue weighted by Gasteiger charge is -2.29. The molecule has 1 aliphatic heterocycles. The van der Waals surface area contributed by atoms with Gasteiger partial charge in [0.05, 0.1) is 17.1 Å². The summed E-state index contributed by atoms with van der Waals surface area (Å²) in [4.78, 5) is 18.5. The van der Waals surface area contributed by atoms with E-state index in [4.69, 9.17) is 9.26 Å². The number of fused-ring (bicyclic) bond motifs is 1. The van der Waals surface area contributed by atoms with E-state index in [1.807, 2.05) is 13.0 Å². The first-order chi connectivity index (χ1) is 15.3. The van der Waals surface area contributed by atoms with Crippen LogP contribution in [0.4, 0.5) is 11.4 Å². The topological polar surface area (TPSA) is 115 Å². The van der Waals surface area contributed by atoms with Gasteiger partial charge in [-0.1, -0.05) is 17.3 Å². The van der Waals surface area contributed by atoms with Gasteiger partial charge in [-0.15, -0.1) is 0 Å². The highest BCUT2D eigenvalue weighted by Crippen LogP contribution is 2.40. The van der Waals surface area contributed by atoms with E-state index >= 15 is 0 Å². The van der Waals surface area contributed by atoms with E-state index in [0.29, 0.717) is 40.3 Å². The minimum absolute atomic E-state index is 0.0858. The van der Waals surface area contributed by atoms with Crippen molar-refractivity contribution in [3.05, 3.63) is 59.2 Å².